The Hall–Kier alpha value is -2.54. The summed E-state index contributed by atoms with van der Waals surface area (Å²) in [6.07, 6.45) is 1.65. The van der Waals surface area contributed by atoms with E-state index < -0.39 is 5.97 Å². The average molecular weight is 358 g/mol. The van der Waals surface area contributed by atoms with E-state index in [0.29, 0.717) is 11.3 Å². The fourth-order valence-corrected chi connectivity index (χ4v) is 3.48. The third-order valence-corrected chi connectivity index (χ3v) is 4.83. The summed E-state index contributed by atoms with van der Waals surface area (Å²) in [5, 5.41) is 4.70. The number of Topliss-reactive ketones (excluding diaryl/α,β-unsaturated/α-hetero) is 1. The van der Waals surface area contributed by atoms with Crippen LogP contribution in [0.1, 0.15) is 27.4 Å². The predicted octanol–water partition coefficient (Wildman–Crippen LogP) is 3.43. The highest BCUT2D eigenvalue weighted by Gasteiger charge is 2.15. The van der Waals surface area contributed by atoms with Crippen molar-refractivity contribution in [3.05, 3.63) is 53.0 Å². The standard InChI is InChI=1S/C18H18N2O4S/c1-11-15(12(2)24-20-11)9-25-10-18(22)23-8-17(21)14-7-19-16-6-4-3-5-13(14)16/h3-7,19H,8-10H2,1-2H3. The van der Waals surface area contributed by atoms with Crippen molar-refractivity contribution in [3.63, 3.8) is 0 Å². The number of aryl methyl sites for hydroxylation is 2. The lowest BCUT2D eigenvalue weighted by Gasteiger charge is -2.04. The molecule has 0 aliphatic rings. The Morgan fingerprint density at radius 3 is 2.84 bits per heavy atom. The van der Waals surface area contributed by atoms with Crippen molar-refractivity contribution in [2.75, 3.05) is 12.4 Å². The van der Waals surface area contributed by atoms with Gasteiger partial charge in [-0.2, -0.15) is 0 Å². The Balaban J connectivity index is 1.48. The molecule has 3 aromatic rings. The molecule has 7 heteroatoms. The number of hydrogen-bond acceptors (Lipinski definition) is 6. The van der Waals surface area contributed by atoms with E-state index in [9.17, 15) is 9.59 Å². The van der Waals surface area contributed by atoms with Gasteiger partial charge in [0.1, 0.15) is 5.76 Å². The smallest absolute Gasteiger partial charge is 0.316 e. The second kappa shape index (κ2) is 7.57. The summed E-state index contributed by atoms with van der Waals surface area (Å²) in [7, 11) is 0. The molecule has 2 aromatic heterocycles. The molecule has 0 atom stereocenters. The van der Waals surface area contributed by atoms with Crippen molar-refractivity contribution in [2.24, 2.45) is 0 Å². The zero-order valence-electron chi connectivity index (χ0n) is 14.0. The molecule has 0 bridgehead atoms. The van der Waals surface area contributed by atoms with Crippen LogP contribution in [0.2, 0.25) is 0 Å². The minimum atomic E-state index is -0.412. The van der Waals surface area contributed by atoms with Gasteiger partial charge in [0.2, 0.25) is 5.78 Å². The minimum Gasteiger partial charge on any atom is -0.457 e. The van der Waals surface area contributed by atoms with E-state index in [4.69, 9.17) is 9.26 Å². The van der Waals surface area contributed by atoms with Gasteiger partial charge in [0.15, 0.2) is 6.61 Å². The van der Waals surface area contributed by atoms with Crippen molar-refractivity contribution in [1.82, 2.24) is 10.1 Å². The van der Waals surface area contributed by atoms with Gasteiger partial charge < -0.3 is 14.2 Å². The first kappa shape index (κ1) is 17.3. The molecule has 0 saturated carbocycles. The number of carbonyl (C=O) groups is 2. The van der Waals surface area contributed by atoms with Crippen LogP contribution >= 0.6 is 11.8 Å². The molecule has 3 rings (SSSR count). The number of hydrogen-bond donors (Lipinski definition) is 1. The van der Waals surface area contributed by atoms with Gasteiger partial charge in [-0.1, -0.05) is 23.4 Å². The molecular weight excluding hydrogens is 340 g/mol. The Bertz CT molecular complexity index is 893. The number of aromatic amines is 1. The average Bonchev–Trinajstić information content (AvgIpc) is 3.18. The molecule has 1 aromatic carbocycles. The van der Waals surface area contributed by atoms with Gasteiger partial charge in [-0.05, 0) is 19.9 Å². The summed E-state index contributed by atoms with van der Waals surface area (Å²) in [6.45, 7) is 3.45. The van der Waals surface area contributed by atoms with Gasteiger partial charge in [-0.3, -0.25) is 9.59 Å². The van der Waals surface area contributed by atoms with E-state index in [-0.39, 0.29) is 18.1 Å². The lowest BCUT2D eigenvalue weighted by atomic mass is 10.1. The second-order valence-electron chi connectivity index (χ2n) is 5.63. The van der Waals surface area contributed by atoms with E-state index >= 15 is 0 Å². The van der Waals surface area contributed by atoms with Crippen molar-refractivity contribution < 1.29 is 18.8 Å². The molecule has 0 aliphatic heterocycles. The molecule has 0 aliphatic carbocycles. The van der Waals surface area contributed by atoms with Gasteiger partial charge in [0.25, 0.3) is 0 Å². The molecule has 25 heavy (non-hydrogen) atoms. The second-order valence-corrected chi connectivity index (χ2v) is 6.61. The minimum absolute atomic E-state index is 0.172. The lowest BCUT2D eigenvalue weighted by Crippen LogP contribution is -2.15. The van der Waals surface area contributed by atoms with E-state index in [1.54, 1.807) is 6.20 Å². The van der Waals surface area contributed by atoms with E-state index in [2.05, 4.69) is 10.1 Å². The third-order valence-electron chi connectivity index (χ3n) is 3.90. The molecule has 130 valence electrons. The lowest BCUT2D eigenvalue weighted by molar-refractivity contribution is -0.139. The SMILES string of the molecule is Cc1noc(C)c1CSCC(=O)OCC(=O)c1c[nH]c2ccccc12. The summed E-state index contributed by atoms with van der Waals surface area (Å²) < 4.78 is 10.2. The Morgan fingerprint density at radius 1 is 1.28 bits per heavy atom. The number of fused-ring (bicyclic) bond motifs is 1. The molecule has 0 spiro atoms. The quantitative estimate of drug-likeness (QED) is 0.514. The number of rotatable bonds is 7. The van der Waals surface area contributed by atoms with Crippen molar-refractivity contribution in [2.45, 2.75) is 19.6 Å². The maximum absolute atomic E-state index is 12.2. The highest BCUT2D eigenvalue weighted by atomic mass is 32.2. The number of thioether (sulfide) groups is 1. The first-order valence-electron chi connectivity index (χ1n) is 7.80. The van der Waals surface area contributed by atoms with Crippen molar-refractivity contribution in [1.29, 1.82) is 0 Å². The first-order chi connectivity index (χ1) is 12.1. The Labute approximate surface area is 148 Å². The Morgan fingerprint density at radius 2 is 2.08 bits per heavy atom. The van der Waals surface area contributed by atoms with Crippen LogP contribution in [0.3, 0.4) is 0 Å². The number of ketones is 1. The zero-order chi connectivity index (χ0) is 17.8. The normalized spacial score (nSPS) is 11.0. The molecule has 0 radical (unpaired) electrons. The summed E-state index contributed by atoms with van der Waals surface area (Å²) >= 11 is 1.41. The van der Waals surface area contributed by atoms with Crippen LogP contribution in [0.5, 0.6) is 0 Å². The summed E-state index contributed by atoms with van der Waals surface area (Å²) in [6, 6.07) is 7.51. The highest BCUT2D eigenvalue weighted by Crippen LogP contribution is 2.20. The first-order valence-corrected chi connectivity index (χ1v) is 8.96. The Kier molecular flexibility index (Phi) is 5.23. The molecule has 0 saturated heterocycles. The number of ether oxygens (including phenoxy) is 1. The number of H-pyrrole nitrogens is 1. The van der Waals surface area contributed by atoms with Crippen LogP contribution in [0, 0.1) is 13.8 Å². The maximum atomic E-state index is 12.2. The van der Waals surface area contributed by atoms with Crippen LogP contribution in [-0.2, 0) is 15.3 Å². The van der Waals surface area contributed by atoms with Crippen molar-refractivity contribution in [3.8, 4) is 0 Å². The van der Waals surface area contributed by atoms with Crippen LogP contribution < -0.4 is 0 Å². The van der Waals surface area contributed by atoms with Gasteiger partial charge in [0, 0.05) is 34.0 Å². The summed E-state index contributed by atoms with van der Waals surface area (Å²) in [5.74, 6) is 0.914. The molecule has 2 heterocycles. The van der Waals surface area contributed by atoms with Gasteiger partial charge in [-0.15, -0.1) is 11.8 Å². The number of nitrogens with one attached hydrogen (secondary N) is 1. The van der Waals surface area contributed by atoms with Gasteiger partial charge in [-0.25, -0.2) is 0 Å². The fraction of sp³-hybridized carbons (Fsp3) is 0.278. The van der Waals surface area contributed by atoms with Crippen LogP contribution in [0.4, 0.5) is 0 Å². The van der Waals surface area contributed by atoms with Crippen LogP contribution in [-0.4, -0.2) is 34.3 Å². The third kappa shape index (κ3) is 3.93. The van der Waals surface area contributed by atoms with Crippen LogP contribution in [0.15, 0.2) is 35.0 Å². The molecular formula is C18H18N2O4S. The summed E-state index contributed by atoms with van der Waals surface area (Å²) in [5.41, 5.74) is 3.24. The maximum Gasteiger partial charge on any atom is 0.316 e. The van der Waals surface area contributed by atoms with E-state index in [0.717, 1.165) is 27.9 Å². The molecule has 0 fully saturated rings. The van der Waals surface area contributed by atoms with Gasteiger partial charge >= 0.3 is 5.97 Å². The molecule has 6 nitrogen and oxygen atoms in total. The highest BCUT2D eigenvalue weighted by molar-refractivity contribution is 7.99. The fourth-order valence-electron chi connectivity index (χ4n) is 2.51. The molecule has 0 unspecified atom stereocenters. The number of benzene rings is 1. The predicted molar refractivity (Wildman–Crippen MR) is 95.7 cm³/mol. The monoisotopic (exact) mass is 358 g/mol. The largest absolute Gasteiger partial charge is 0.457 e. The number of carbonyl (C=O) groups excluding carboxylic acids is 2. The zero-order valence-corrected chi connectivity index (χ0v) is 14.8. The summed E-state index contributed by atoms with van der Waals surface area (Å²) in [4.78, 5) is 27.1. The number of nitrogens with zero attached hydrogens (tertiary/aromatic N) is 1. The van der Waals surface area contributed by atoms with Crippen LogP contribution in [0.25, 0.3) is 10.9 Å². The number of esters is 1. The van der Waals surface area contributed by atoms with E-state index in [1.807, 2.05) is 38.1 Å². The van der Waals surface area contributed by atoms with Gasteiger partial charge in [0.05, 0.1) is 11.4 Å². The van der Waals surface area contributed by atoms with Crippen molar-refractivity contribution >= 4 is 34.4 Å². The molecule has 0 amide bonds. The topological polar surface area (TPSA) is 85.2 Å². The number of para-hydroxylation sites is 1. The van der Waals surface area contributed by atoms with E-state index in [1.165, 1.54) is 11.8 Å². The number of aromatic nitrogens is 2. The molecule has 1 N–H and O–H groups in total.